The quantitative estimate of drug-likeness (QED) is 0.723. The molecule has 1 aliphatic heterocycles. The van der Waals surface area contributed by atoms with E-state index in [0.717, 1.165) is 43.5 Å². The topological polar surface area (TPSA) is 87.1 Å². The first-order valence-corrected chi connectivity index (χ1v) is 9.21. The van der Waals surface area contributed by atoms with Gasteiger partial charge in [-0.2, -0.15) is 0 Å². The number of nitrogens with one attached hydrogen (secondary N) is 1. The largest absolute Gasteiger partial charge is 0.353 e. The second-order valence-electron chi connectivity index (χ2n) is 6.43. The Morgan fingerprint density at radius 3 is 2.14 bits per heavy atom. The first-order chi connectivity index (χ1) is 13.8. The highest BCUT2D eigenvalue weighted by molar-refractivity contribution is 5.91. The average Bonchev–Trinajstić information content (AvgIpc) is 2.79. The number of pyridine rings is 2. The van der Waals surface area contributed by atoms with E-state index in [-0.39, 0.29) is 5.91 Å². The number of piperazine rings is 1. The standard InChI is InChI=1S/C20H21N7O/c28-20(25-13-16-5-1-3-7-21-16)17-14-24-19(15-23-17)27-11-9-26(10-12-27)18-6-2-4-8-22-18/h1-8,14-15H,9-13H2,(H,25,28). The van der Waals surface area contributed by atoms with Crippen molar-refractivity contribution < 1.29 is 4.79 Å². The normalized spacial score (nSPS) is 14.0. The summed E-state index contributed by atoms with van der Waals surface area (Å²) in [5.74, 6) is 1.51. The SMILES string of the molecule is O=C(NCc1ccccn1)c1cnc(N2CCN(c3ccccn3)CC2)cn1. The molecule has 142 valence electrons. The molecule has 3 aromatic heterocycles. The Morgan fingerprint density at radius 2 is 1.54 bits per heavy atom. The lowest BCUT2D eigenvalue weighted by Crippen LogP contribution is -2.47. The molecule has 1 N–H and O–H groups in total. The van der Waals surface area contributed by atoms with E-state index in [2.05, 4.69) is 35.1 Å². The maximum atomic E-state index is 12.2. The molecule has 0 atom stereocenters. The molecule has 8 nitrogen and oxygen atoms in total. The van der Waals surface area contributed by atoms with Gasteiger partial charge in [-0.1, -0.05) is 12.1 Å². The summed E-state index contributed by atoms with van der Waals surface area (Å²) < 4.78 is 0. The van der Waals surface area contributed by atoms with Gasteiger partial charge in [0, 0.05) is 38.6 Å². The number of rotatable bonds is 5. The van der Waals surface area contributed by atoms with Crippen LogP contribution >= 0.6 is 0 Å². The first-order valence-electron chi connectivity index (χ1n) is 9.21. The Bertz CT molecular complexity index is 895. The predicted molar refractivity (Wildman–Crippen MR) is 106 cm³/mol. The lowest BCUT2D eigenvalue weighted by Gasteiger charge is -2.35. The Kier molecular flexibility index (Phi) is 5.37. The van der Waals surface area contributed by atoms with Crippen molar-refractivity contribution in [3.63, 3.8) is 0 Å². The molecule has 0 radical (unpaired) electrons. The zero-order valence-corrected chi connectivity index (χ0v) is 15.4. The molecule has 0 bridgehead atoms. The van der Waals surface area contributed by atoms with E-state index >= 15 is 0 Å². The van der Waals surface area contributed by atoms with Crippen molar-refractivity contribution in [1.82, 2.24) is 25.3 Å². The van der Waals surface area contributed by atoms with E-state index < -0.39 is 0 Å². The number of hydrogen-bond acceptors (Lipinski definition) is 7. The van der Waals surface area contributed by atoms with Gasteiger partial charge in [-0.05, 0) is 24.3 Å². The van der Waals surface area contributed by atoms with Gasteiger partial charge in [0.2, 0.25) is 0 Å². The fourth-order valence-corrected chi connectivity index (χ4v) is 3.07. The molecule has 0 saturated carbocycles. The molecular weight excluding hydrogens is 354 g/mol. The Morgan fingerprint density at radius 1 is 0.821 bits per heavy atom. The fraction of sp³-hybridized carbons (Fsp3) is 0.250. The fourth-order valence-electron chi connectivity index (χ4n) is 3.07. The summed E-state index contributed by atoms with van der Waals surface area (Å²) in [5, 5.41) is 2.81. The van der Waals surface area contributed by atoms with Crippen LogP contribution in [0.3, 0.4) is 0 Å². The Balaban J connectivity index is 1.31. The highest BCUT2D eigenvalue weighted by atomic mass is 16.1. The molecular formula is C20H21N7O. The van der Waals surface area contributed by atoms with Crippen molar-refractivity contribution in [2.75, 3.05) is 36.0 Å². The molecule has 1 saturated heterocycles. The number of carbonyl (C=O) groups excluding carboxylic acids is 1. The number of aromatic nitrogens is 4. The minimum atomic E-state index is -0.260. The molecule has 4 rings (SSSR count). The molecule has 0 aromatic carbocycles. The van der Waals surface area contributed by atoms with Crippen molar-refractivity contribution in [2.24, 2.45) is 0 Å². The second-order valence-corrected chi connectivity index (χ2v) is 6.43. The first kappa shape index (κ1) is 17.8. The molecule has 3 aromatic rings. The minimum Gasteiger partial charge on any atom is -0.353 e. The molecule has 1 fully saturated rings. The number of nitrogens with zero attached hydrogens (tertiary/aromatic N) is 6. The van der Waals surface area contributed by atoms with Crippen LogP contribution in [0.2, 0.25) is 0 Å². The van der Waals surface area contributed by atoms with Gasteiger partial charge in [0.25, 0.3) is 5.91 Å². The van der Waals surface area contributed by atoms with Crippen molar-refractivity contribution >= 4 is 17.5 Å². The van der Waals surface area contributed by atoms with E-state index in [9.17, 15) is 4.79 Å². The van der Waals surface area contributed by atoms with Gasteiger partial charge in [0.15, 0.2) is 0 Å². The Labute approximate surface area is 163 Å². The molecule has 0 spiro atoms. The molecule has 8 heteroatoms. The monoisotopic (exact) mass is 375 g/mol. The summed E-state index contributed by atoms with van der Waals surface area (Å²) >= 11 is 0. The van der Waals surface area contributed by atoms with Crippen molar-refractivity contribution in [3.05, 3.63) is 72.6 Å². The number of hydrogen-bond donors (Lipinski definition) is 1. The molecule has 28 heavy (non-hydrogen) atoms. The van der Waals surface area contributed by atoms with E-state index in [1.807, 2.05) is 42.6 Å². The van der Waals surface area contributed by atoms with Gasteiger partial charge in [0.1, 0.15) is 17.3 Å². The number of anilines is 2. The summed E-state index contributed by atoms with van der Waals surface area (Å²) in [5.41, 5.74) is 1.10. The lowest BCUT2D eigenvalue weighted by atomic mass is 10.3. The van der Waals surface area contributed by atoms with Gasteiger partial charge < -0.3 is 15.1 Å². The van der Waals surface area contributed by atoms with Gasteiger partial charge in [-0.3, -0.25) is 9.78 Å². The molecule has 1 aliphatic rings. The molecule has 0 unspecified atom stereocenters. The maximum Gasteiger partial charge on any atom is 0.271 e. The summed E-state index contributed by atoms with van der Waals surface area (Å²) in [6.07, 6.45) is 6.69. The predicted octanol–water partition coefficient (Wildman–Crippen LogP) is 1.52. The number of carbonyl (C=O) groups is 1. The third-order valence-corrected chi connectivity index (χ3v) is 4.60. The highest BCUT2D eigenvalue weighted by Gasteiger charge is 2.19. The molecule has 1 amide bonds. The van der Waals surface area contributed by atoms with Crippen molar-refractivity contribution in [1.29, 1.82) is 0 Å². The van der Waals surface area contributed by atoms with E-state index in [1.165, 1.54) is 6.20 Å². The van der Waals surface area contributed by atoms with Crippen LogP contribution in [0.1, 0.15) is 16.2 Å². The lowest BCUT2D eigenvalue weighted by molar-refractivity contribution is 0.0945. The summed E-state index contributed by atoms with van der Waals surface area (Å²) in [6.45, 7) is 3.75. The van der Waals surface area contributed by atoms with E-state index in [4.69, 9.17) is 0 Å². The van der Waals surface area contributed by atoms with Gasteiger partial charge in [0.05, 0.1) is 24.6 Å². The van der Waals surface area contributed by atoms with Gasteiger partial charge in [-0.15, -0.1) is 0 Å². The van der Waals surface area contributed by atoms with Crippen molar-refractivity contribution in [2.45, 2.75) is 6.54 Å². The van der Waals surface area contributed by atoms with Crippen molar-refractivity contribution in [3.8, 4) is 0 Å². The average molecular weight is 375 g/mol. The van der Waals surface area contributed by atoms with Gasteiger partial charge in [-0.25, -0.2) is 15.0 Å². The van der Waals surface area contributed by atoms with E-state index in [0.29, 0.717) is 12.2 Å². The van der Waals surface area contributed by atoms with Crippen LogP contribution in [-0.4, -0.2) is 52.0 Å². The zero-order valence-electron chi connectivity index (χ0n) is 15.4. The third-order valence-electron chi connectivity index (χ3n) is 4.60. The highest BCUT2D eigenvalue weighted by Crippen LogP contribution is 2.16. The zero-order chi connectivity index (χ0) is 19.2. The smallest absolute Gasteiger partial charge is 0.271 e. The van der Waals surface area contributed by atoms with E-state index in [1.54, 1.807) is 12.4 Å². The van der Waals surface area contributed by atoms with Crippen LogP contribution in [0.5, 0.6) is 0 Å². The van der Waals surface area contributed by atoms with Crippen LogP contribution in [0.4, 0.5) is 11.6 Å². The molecule has 0 aliphatic carbocycles. The second kappa shape index (κ2) is 8.43. The molecule has 4 heterocycles. The summed E-state index contributed by atoms with van der Waals surface area (Å²) in [7, 11) is 0. The van der Waals surface area contributed by atoms with Crippen LogP contribution in [0.25, 0.3) is 0 Å². The Hall–Kier alpha value is -3.55. The summed E-state index contributed by atoms with van der Waals surface area (Å²) in [4.78, 5) is 34.0. The number of amides is 1. The van der Waals surface area contributed by atoms with Crippen LogP contribution in [-0.2, 0) is 6.54 Å². The van der Waals surface area contributed by atoms with Gasteiger partial charge >= 0.3 is 0 Å². The summed E-state index contributed by atoms with van der Waals surface area (Å²) in [6, 6.07) is 11.5. The van der Waals surface area contributed by atoms with Crippen LogP contribution in [0.15, 0.2) is 61.2 Å². The third kappa shape index (κ3) is 4.22. The van der Waals surface area contributed by atoms with Crippen LogP contribution in [0, 0.1) is 0 Å². The maximum absolute atomic E-state index is 12.2. The minimum absolute atomic E-state index is 0.260. The van der Waals surface area contributed by atoms with Crippen LogP contribution < -0.4 is 15.1 Å².